The van der Waals surface area contributed by atoms with Crippen molar-refractivity contribution < 1.29 is 27.4 Å². The highest BCUT2D eigenvalue weighted by Gasteiger charge is 2.31. The van der Waals surface area contributed by atoms with Crippen LogP contribution in [0.5, 0.6) is 11.5 Å². The first-order valence-electron chi connectivity index (χ1n) is 11.6. The Balaban J connectivity index is 1.53. The molecule has 4 rings (SSSR count). The van der Waals surface area contributed by atoms with E-state index in [1.165, 1.54) is 12.5 Å². The van der Waals surface area contributed by atoms with Crippen molar-refractivity contribution in [3.63, 3.8) is 0 Å². The van der Waals surface area contributed by atoms with Crippen LogP contribution in [0.4, 0.5) is 13.2 Å². The lowest BCUT2D eigenvalue weighted by atomic mass is 9.85. The molecule has 0 atom stereocenters. The first kappa shape index (κ1) is 22.7. The molecule has 32 heavy (non-hydrogen) atoms. The molecule has 3 nitrogen and oxygen atoms in total. The number of hydrogen-bond donors (Lipinski definition) is 0. The molecule has 2 aromatic carbocycles. The highest BCUT2D eigenvalue weighted by molar-refractivity contribution is 5.90. The van der Waals surface area contributed by atoms with Crippen molar-refractivity contribution in [3.05, 3.63) is 57.9 Å². The van der Waals surface area contributed by atoms with Crippen LogP contribution in [0.15, 0.2) is 18.2 Å². The van der Waals surface area contributed by atoms with Crippen molar-refractivity contribution in [2.24, 2.45) is 5.92 Å². The normalized spacial score (nSPS) is 19.7. The third kappa shape index (κ3) is 4.37. The average molecular weight is 447 g/mol. The van der Waals surface area contributed by atoms with Crippen LogP contribution in [0.25, 0.3) is 0 Å². The predicted octanol–water partition coefficient (Wildman–Crippen LogP) is 7.27. The van der Waals surface area contributed by atoms with Gasteiger partial charge in [0.15, 0.2) is 23.1 Å². The first-order chi connectivity index (χ1) is 15.4. The largest absolute Gasteiger partial charge is 0.459 e. The molecular formula is C26H29F3O3. The van der Waals surface area contributed by atoms with Gasteiger partial charge in [-0.1, -0.05) is 39.2 Å². The van der Waals surface area contributed by atoms with Gasteiger partial charge in [0.2, 0.25) is 5.82 Å². The number of halogens is 3. The second-order valence-electron chi connectivity index (χ2n) is 8.93. The monoisotopic (exact) mass is 446 g/mol. The summed E-state index contributed by atoms with van der Waals surface area (Å²) in [5.41, 5.74) is 0.995. The number of fused-ring (bicyclic) bond motifs is 2. The molecule has 0 aromatic heterocycles. The number of hydrogen-bond acceptors (Lipinski definition) is 3. The molecule has 2 aliphatic rings. The summed E-state index contributed by atoms with van der Waals surface area (Å²) in [6.07, 6.45) is 6.93. The lowest BCUT2D eigenvalue weighted by molar-refractivity contribution is 0.0156. The van der Waals surface area contributed by atoms with Crippen LogP contribution in [0.3, 0.4) is 0 Å². The molecule has 6 heteroatoms. The second kappa shape index (κ2) is 9.55. The standard InChI is InChI=1S/C26H29F3O3/c1-3-5-15-7-10-19(11-8-15)31-26(30)20-12-9-17-14-18-13-16(6-4-2)21(27)23(29)25(18)32-24(17)22(20)28/h9,12-13,15,19H,3-8,10-11,14H2,1-2H3. The fraction of sp³-hybridized carbons (Fsp3) is 0.500. The zero-order valence-electron chi connectivity index (χ0n) is 18.6. The van der Waals surface area contributed by atoms with Gasteiger partial charge in [-0.2, -0.15) is 4.39 Å². The van der Waals surface area contributed by atoms with Crippen molar-refractivity contribution >= 4 is 5.97 Å². The van der Waals surface area contributed by atoms with E-state index in [1.54, 1.807) is 12.1 Å². The van der Waals surface area contributed by atoms with Gasteiger partial charge in [0, 0.05) is 17.5 Å². The highest BCUT2D eigenvalue weighted by atomic mass is 19.2. The van der Waals surface area contributed by atoms with Crippen LogP contribution in [0, 0.1) is 23.4 Å². The summed E-state index contributed by atoms with van der Waals surface area (Å²) >= 11 is 0. The summed E-state index contributed by atoms with van der Waals surface area (Å²) in [4.78, 5) is 12.7. The molecule has 1 saturated carbocycles. The SMILES string of the molecule is CCCc1cc2c(c(F)c1F)Oc1c(ccc(C(=O)OC3CCC(CCC)CC3)c1F)C2. The third-order valence-electron chi connectivity index (χ3n) is 6.58. The van der Waals surface area contributed by atoms with Gasteiger partial charge in [0.25, 0.3) is 0 Å². The minimum atomic E-state index is -1.12. The minimum Gasteiger partial charge on any atom is -0.459 e. The number of carbonyl (C=O) groups is 1. The fourth-order valence-electron chi connectivity index (χ4n) is 4.89. The molecule has 0 radical (unpaired) electrons. The van der Waals surface area contributed by atoms with Gasteiger partial charge in [0.1, 0.15) is 6.10 Å². The quantitative estimate of drug-likeness (QED) is 0.374. The first-order valence-corrected chi connectivity index (χ1v) is 11.6. The zero-order valence-corrected chi connectivity index (χ0v) is 18.6. The summed E-state index contributed by atoms with van der Waals surface area (Å²) in [5, 5.41) is 0. The lowest BCUT2D eigenvalue weighted by Gasteiger charge is -2.28. The Morgan fingerprint density at radius 1 is 0.969 bits per heavy atom. The molecule has 0 bridgehead atoms. The number of rotatable bonds is 6. The second-order valence-corrected chi connectivity index (χ2v) is 8.93. The Labute approximate surface area is 186 Å². The number of aryl methyl sites for hydroxylation is 1. The zero-order chi connectivity index (χ0) is 22.8. The molecule has 172 valence electrons. The molecule has 1 aliphatic carbocycles. The molecule has 0 amide bonds. The third-order valence-corrected chi connectivity index (χ3v) is 6.58. The maximum absolute atomic E-state index is 15.2. The molecule has 2 aromatic rings. The molecular weight excluding hydrogens is 417 g/mol. The number of benzene rings is 2. The van der Waals surface area contributed by atoms with E-state index in [1.807, 2.05) is 6.92 Å². The Hall–Kier alpha value is -2.50. The molecule has 1 aliphatic heterocycles. The van der Waals surface area contributed by atoms with E-state index in [2.05, 4.69) is 6.92 Å². The van der Waals surface area contributed by atoms with E-state index in [-0.39, 0.29) is 35.2 Å². The van der Waals surface area contributed by atoms with E-state index in [4.69, 9.17) is 9.47 Å². The van der Waals surface area contributed by atoms with Gasteiger partial charge in [-0.05, 0) is 55.7 Å². The van der Waals surface area contributed by atoms with Crippen molar-refractivity contribution in [2.75, 3.05) is 0 Å². The molecule has 1 heterocycles. The smallest absolute Gasteiger partial charge is 0.341 e. The van der Waals surface area contributed by atoms with Gasteiger partial charge in [-0.15, -0.1) is 0 Å². The maximum Gasteiger partial charge on any atom is 0.341 e. The number of carbonyl (C=O) groups excluding carboxylic acids is 1. The molecule has 0 spiro atoms. The van der Waals surface area contributed by atoms with Gasteiger partial charge >= 0.3 is 5.97 Å². The Kier molecular flexibility index (Phi) is 6.77. The molecule has 0 unspecified atom stereocenters. The number of esters is 1. The highest BCUT2D eigenvalue weighted by Crippen LogP contribution is 2.42. The molecule has 0 N–H and O–H groups in total. The maximum atomic E-state index is 15.2. The van der Waals surface area contributed by atoms with Crippen molar-refractivity contribution in [1.82, 2.24) is 0 Å². The van der Waals surface area contributed by atoms with Crippen LogP contribution in [0.2, 0.25) is 0 Å². The van der Waals surface area contributed by atoms with Gasteiger partial charge < -0.3 is 9.47 Å². The van der Waals surface area contributed by atoms with E-state index in [0.29, 0.717) is 29.9 Å². The van der Waals surface area contributed by atoms with Crippen LogP contribution in [0.1, 0.15) is 85.8 Å². The van der Waals surface area contributed by atoms with Crippen molar-refractivity contribution in [1.29, 1.82) is 0 Å². The van der Waals surface area contributed by atoms with Crippen LogP contribution in [-0.2, 0) is 17.6 Å². The van der Waals surface area contributed by atoms with Crippen LogP contribution >= 0.6 is 0 Å². The van der Waals surface area contributed by atoms with Gasteiger partial charge in [-0.25, -0.2) is 13.6 Å². The van der Waals surface area contributed by atoms with Crippen molar-refractivity contribution in [3.8, 4) is 11.5 Å². The summed E-state index contributed by atoms with van der Waals surface area (Å²) in [6.45, 7) is 4.05. The number of ether oxygens (including phenoxy) is 2. The lowest BCUT2D eigenvalue weighted by Crippen LogP contribution is -2.25. The summed E-state index contributed by atoms with van der Waals surface area (Å²) in [7, 11) is 0. The van der Waals surface area contributed by atoms with Crippen LogP contribution < -0.4 is 4.74 Å². The Morgan fingerprint density at radius 2 is 1.69 bits per heavy atom. The van der Waals surface area contributed by atoms with Gasteiger partial charge in [-0.3, -0.25) is 0 Å². The fourth-order valence-corrected chi connectivity index (χ4v) is 4.89. The van der Waals surface area contributed by atoms with Crippen LogP contribution in [-0.4, -0.2) is 12.1 Å². The summed E-state index contributed by atoms with van der Waals surface area (Å²) in [6, 6.07) is 4.56. The van der Waals surface area contributed by atoms with Gasteiger partial charge in [0.05, 0.1) is 5.56 Å². The molecule has 1 fully saturated rings. The van der Waals surface area contributed by atoms with E-state index >= 15 is 4.39 Å². The summed E-state index contributed by atoms with van der Waals surface area (Å²) in [5.74, 6) is -3.61. The van der Waals surface area contributed by atoms with Crippen molar-refractivity contribution in [2.45, 2.75) is 77.7 Å². The predicted molar refractivity (Wildman–Crippen MR) is 116 cm³/mol. The molecule has 0 saturated heterocycles. The average Bonchev–Trinajstić information content (AvgIpc) is 2.78. The van der Waals surface area contributed by atoms with E-state index in [9.17, 15) is 13.6 Å². The Bertz CT molecular complexity index is 1010. The van der Waals surface area contributed by atoms with E-state index in [0.717, 1.165) is 32.1 Å². The van der Waals surface area contributed by atoms with E-state index < -0.39 is 23.4 Å². The Morgan fingerprint density at radius 3 is 2.38 bits per heavy atom. The summed E-state index contributed by atoms with van der Waals surface area (Å²) < 4.78 is 55.3. The topological polar surface area (TPSA) is 35.5 Å². The minimum absolute atomic E-state index is 0.201.